The summed E-state index contributed by atoms with van der Waals surface area (Å²) in [5.41, 5.74) is 0.279. The number of carboxylic acids is 1. The van der Waals surface area contributed by atoms with Crippen LogP contribution in [0.1, 0.15) is 37.3 Å². The van der Waals surface area contributed by atoms with E-state index in [1.807, 2.05) is 32.8 Å². The van der Waals surface area contributed by atoms with Crippen LogP contribution in [0.25, 0.3) is 0 Å². The molecule has 0 aliphatic carbocycles. The van der Waals surface area contributed by atoms with Gasteiger partial charge in [0.2, 0.25) is 10.0 Å². The van der Waals surface area contributed by atoms with Crippen molar-refractivity contribution in [1.29, 1.82) is 0 Å². The minimum Gasteiger partial charge on any atom is -0.497 e. The first-order valence-corrected chi connectivity index (χ1v) is 11.7. The van der Waals surface area contributed by atoms with Crippen molar-refractivity contribution in [2.45, 2.75) is 36.5 Å². The summed E-state index contributed by atoms with van der Waals surface area (Å²) in [6, 6.07) is 13.5. The third-order valence-electron chi connectivity index (χ3n) is 5.83. The molecule has 0 saturated carbocycles. The van der Waals surface area contributed by atoms with Gasteiger partial charge in [0.15, 0.2) is 0 Å². The highest BCUT2D eigenvalue weighted by Crippen LogP contribution is 2.42. The van der Waals surface area contributed by atoms with Crippen LogP contribution in [-0.2, 0) is 20.2 Å². The van der Waals surface area contributed by atoms with Crippen LogP contribution in [0.3, 0.4) is 0 Å². The highest BCUT2D eigenvalue weighted by atomic mass is 32.2. The first-order valence-electron chi connectivity index (χ1n) is 10.2. The maximum absolute atomic E-state index is 12.5. The van der Waals surface area contributed by atoms with Crippen molar-refractivity contribution in [2.24, 2.45) is 0 Å². The summed E-state index contributed by atoms with van der Waals surface area (Å²) in [7, 11) is 1.68. The van der Waals surface area contributed by atoms with Crippen molar-refractivity contribution < 1.29 is 23.1 Å². The number of hydrogen-bond acceptors (Lipinski definition) is 5. The number of aliphatic carboxylic acids is 1. The van der Waals surface area contributed by atoms with E-state index < -0.39 is 21.4 Å². The minimum atomic E-state index is -3.62. The van der Waals surface area contributed by atoms with Crippen LogP contribution in [-0.4, -0.2) is 58.7 Å². The second kappa shape index (κ2) is 10.3. The van der Waals surface area contributed by atoms with E-state index in [1.54, 1.807) is 43.5 Å². The van der Waals surface area contributed by atoms with Crippen LogP contribution in [0.5, 0.6) is 5.75 Å². The highest BCUT2D eigenvalue weighted by molar-refractivity contribution is 7.89. The lowest BCUT2D eigenvalue weighted by molar-refractivity contribution is -0.145. The third kappa shape index (κ3) is 5.44. The number of carbonyl (C=O) groups is 1. The van der Waals surface area contributed by atoms with Gasteiger partial charge in [0.05, 0.1) is 17.4 Å². The molecule has 0 bridgehead atoms. The van der Waals surface area contributed by atoms with E-state index in [2.05, 4.69) is 4.72 Å². The Bertz CT molecular complexity index is 972. The lowest BCUT2D eigenvalue weighted by Crippen LogP contribution is -2.40. The Kier molecular flexibility index (Phi) is 8.22. The SMILES string of the molecule is CCC(C(=O)O)(c1ccc(OC)cc1)C(C)c1ccc(S(=O)(=O)NCCN(C)C)cc1. The Hall–Kier alpha value is -2.42. The summed E-state index contributed by atoms with van der Waals surface area (Å²) in [6.45, 7) is 4.61. The quantitative estimate of drug-likeness (QED) is 0.549. The molecule has 0 aliphatic heterocycles. The predicted octanol–water partition coefficient (Wildman–Crippen LogP) is 3.07. The van der Waals surface area contributed by atoms with Gasteiger partial charge in [0.25, 0.3) is 0 Å². The Morgan fingerprint density at radius 1 is 1.13 bits per heavy atom. The number of rotatable bonds is 11. The molecule has 2 N–H and O–H groups in total. The Morgan fingerprint density at radius 2 is 1.71 bits per heavy atom. The zero-order valence-corrected chi connectivity index (χ0v) is 19.6. The summed E-state index contributed by atoms with van der Waals surface area (Å²) in [5.74, 6) is -0.653. The first-order chi connectivity index (χ1) is 14.6. The zero-order chi connectivity index (χ0) is 23.2. The summed E-state index contributed by atoms with van der Waals surface area (Å²) in [5, 5.41) is 10.2. The van der Waals surface area contributed by atoms with Gasteiger partial charge in [-0.15, -0.1) is 0 Å². The van der Waals surface area contributed by atoms with Gasteiger partial charge < -0.3 is 14.7 Å². The summed E-state index contributed by atoms with van der Waals surface area (Å²) in [4.78, 5) is 14.5. The van der Waals surface area contributed by atoms with Gasteiger partial charge in [-0.25, -0.2) is 13.1 Å². The molecular weight excluding hydrogens is 416 g/mol. The van der Waals surface area contributed by atoms with E-state index >= 15 is 0 Å². The normalized spacial score (nSPS) is 14.8. The fourth-order valence-electron chi connectivity index (χ4n) is 3.82. The number of ether oxygens (including phenoxy) is 1. The van der Waals surface area contributed by atoms with E-state index in [9.17, 15) is 18.3 Å². The number of likely N-dealkylation sites (N-methyl/N-ethyl adjacent to an activating group) is 1. The van der Waals surface area contributed by atoms with Crippen LogP contribution < -0.4 is 9.46 Å². The second-order valence-electron chi connectivity index (χ2n) is 7.85. The molecule has 0 aromatic heterocycles. The molecule has 2 atom stereocenters. The van der Waals surface area contributed by atoms with Gasteiger partial charge in [-0.3, -0.25) is 4.79 Å². The molecule has 0 fully saturated rings. The second-order valence-corrected chi connectivity index (χ2v) is 9.62. The Morgan fingerprint density at radius 3 is 2.16 bits per heavy atom. The molecule has 0 radical (unpaired) electrons. The van der Waals surface area contributed by atoms with Crippen molar-refractivity contribution in [3.63, 3.8) is 0 Å². The fourth-order valence-corrected chi connectivity index (χ4v) is 4.84. The molecule has 7 nitrogen and oxygen atoms in total. The number of nitrogens with one attached hydrogen (secondary N) is 1. The summed E-state index contributed by atoms with van der Waals surface area (Å²) >= 11 is 0. The monoisotopic (exact) mass is 448 g/mol. The van der Waals surface area contributed by atoms with Gasteiger partial charge in [-0.1, -0.05) is 38.1 Å². The molecule has 0 spiro atoms. The predicted molar refractivity (Wildman–Crippen MR) is 121 cm³/mol. The standard InChI is InChI=1S/C23H32N2O5S/c1-6-23(22(26)27,19-9-11-20(30-5)12-10-19)17(2)18-7-13-21(14-8-18)31(28,29)24-15-16-25(3)4/h7-14,17,24H,6,15-16H2,1-5H3,(H,26,27). The molecule has 8 heteroatoms. The van der Waals surface area contributed by atoms with Gasteiger partial charge in [0, 0.05) is 19.0 Å². The van der Waals surface area contributed by atoms with Crippen LogP contribution in [0, 0.1) is 0 Å². The number of nitrogens with zero attached hydrogens (tertiary/aromatic N) is 1. The molecule has 0 amide bonds. The maximum Gasteiger partial charge on any atom is 0.314 e. The fraction of sp³-hybridized carbons (Fsp3) is 0.435. The van der Waals surface area contributed by atoms with Crippen LogP contribution in [0.2, 0.25) is 0 Å². The number of sulfonamides is 1. The average Bonchev–Trinajstić information content (AvgIpc) is 2.74. The lowest BCUT2D eigenvalue weighted by Gasteiger charge is -2.35. The van der Waals surface area contributed by atoms with Crippen molar-refractivity contribution in [1.82, 2.24) is 9.62 Å². The van der Waals surface area contributed by atoms with Crippen molar-refractivity contribution in [2.75, 3.05) is 34.3 Å². The molecule has 2 unspecified atom stereocenters. The lowest BCUT2D eigenvalue weighted by atomic mass is 9.66. The van der Waals surface area contributed by atoms with E-state index in [0.717, 1.165) is 5.56 Å². The molecular formula is C23H32N2O5S. The highest BCUT2D eigenvalue weighted by Gasteiger charge is 2.44. The maximum atomic E-state index is 12.5. The van der Waals surface area contributed by atoms with E-state index in [-0.39, 0.29) is 10.8 Å². The number of carboxylic acid groups (broad SMARTS) is 1. The van der Waals surface area contributed by atoms with Gasteiger partial charge in [-0.05, 0) is 55.9 Å². The van der Waals surface area contributed by atoms with E-state index in [4.69, 9.17) is 4.74 Å². The molecule has 2 aromatic rings. The van der Waals surface area contributed by atoms with Crippen LogP contribution >= 0.6 is 0 Å². The van der Waals surface area contributed by atoms with Crippen LogP contribution in [0.15, 0.2) is 53.4 Å². The molecule has 170 valence electrons. The number of benzene rings is 2. The van der Waals surface area contributed by atoms with Crippen molar-refractivity contribution in [3.8, 4) is 5.75 Å². The van der Waals surface area contributed by atoms with E-state index in [1.165, 1.54) is 12.1 Å². The molecule has 2 rings (SSSR count). The zero-order valence-electron chi connectivity index (χ0n) is 18.8. The first kappa shape index (κ1) is 24.8. The molecule has 2 aromatic carbocycles. The molecule has 31 heavy (non-hydrogen) atoms. The average molecular weight is 449 g/mol. The number of methoxy groups -OCH3 is 1. The van der Waals surface area contributed by atoms with Crippen LogP contribution in [0.4, 0.5) is 0 Å². The molecule has 0 aliphatic rings. The van der Waals surface area contributed by atoms with Gasteiger partial charge in [0.1, 0.15) is 5.75 Å². The van der Waals surface area contributed by atoms with Gasteiger partial charge in [-0.2, -0.15) is 0 Å². The Labute approximate surface area is 185 Å². The topological polar surface area (TPSA) is 95.9 Å². The minimum absolute atomic E-state index is 0.157. The largest absolute Gasteiger partial charge is 0.497 e. The smallest absolute Gasteiger partial charge is 0.314 e. The van der Waals surface area contributed by atoms with Gasteiger partial charge >= 0.3 is 5.97 Å². The Balaban J connectivity index is 2.35. The molecule has 0 heterocycles. The number of hydrogen-bond donors (Lipinski definition) is 2. The van der Waals surface area contributed by atoms with Crippen molar-refractivity contribution >= 4 is 16.0 Å². The molecule has 0 saturated heterocycles. The van der Waals surface area contributed by atoms with Crippen molar-refractivity contribution in [3.05, 3.63) is 59.7 Å². The third-order valence-corrected chi connectivity index (χ3v) is 7.30. The summed E-state index contributed by atoms with van der Waals surface area (Å²) in [6.07, 6.45) is 0.377. The van der Waals surface area contributed by atoms with E-state index in [0.29, 0.717) is 30.8 Å². The summed E-state index contributed by atoms with van der Waals surface area (Å²) < 4.78 is 32.8.